The first kappa shape index (κ1) is 14.4. The molecule has 0 fully saturated rings. The molecule has 22 heavy (non-hydrogen) atoms. The predicted molar refractivity (Wildman–Crippen MR) is 88.2 cm³/mol. The Balaban J connectivity index is 1.73. The molecule has 3 rings (SSSR count). The smallest absolute Gasteiger partial charge is 0.226 e. The summed E-state index contributed by atoms with van der Waals surface area (Å²) in [6, 6.07) is 12.4. The van der Waals surface area contributed by atoms with Gasteiger partial charge in [-0.05, 0) is 58.8 Å². The van der Waals surface area contributed by atoms with E-state index in [1.54, 1.807) is 35.6 Å². The van der Waals surface area contributed by atoms with Crippen molar-refractivity contribution in [1.29, 1.82) is 0 Å². The number of amides is 1. The Kier molecular flexibility index (Phi) is 4.25. The third kappa shape index (κ3) is 3.38. The molecule has 0 aliphatic carbocycles. The first-order chi connectivity index (χ1) is 10.7. The average molecular weight is 312 g/mol. The minimum atomic E-state index is -0.0596. The number of hydrogen-bond acceptors (Lipinski definition) is 3. The van der Waals surface area contributed by atoms with Gasteiger partial charge in [0, 0.05) is 18.1 Å². The van der Waals surface area contributed by atoms with Crippen LogP contribution in [0.25, 0.3) is 0 Å². The van der Waals surface area contributed by atoms with Gasteiger partial charge in [-0.25, -0.2) is 0 Å². The molecule has 5 heteroatoms. The van der Waals surface area contributed by atoms with Gasteiger partial charge in [0.2, 0.25) is 5.91 Å². The number of nitrogens with zero attached hydrogens (tertiary/aromatic N) is 1. The maximum atomic E-state index is 12.3. The van der Waals surface area contributed by atoms with Crippen LogP contribution < -0.4 is 5.32 Å². The number of carbonyl (C=O) groups is 1. The summed E-state index contributed by atoms with van der Waals surface area (Å²) in [7, 11) is 0. The van der Waals surface area contributed by atoms with Crippen LogP contribution in [0.5, 0.6) is 5.75 Å². The lowest BCUT2D eigenvalue weighted by Crippen LogP contribution is -2.19. The SMILES string of the molecule is O=C(C[C@H](c1ccsc1)n1cccc1)Nc1ccc(O)cc1. The number of aromatic hydroxyl groups is 1. The highest BCUT2D eigenvalue weighted by molar-refractivity contribution is 7.08. The highest BCUT2D eigenvalue weighted by atomic mass is 32.1. The van der Waals surface area contributed by atoms with Gasteiger partial charge >= 0.3 is 0 Å². The second-order valence-electron chi connectivity index (χ2n) is 5.00. The lowest BCUT2D eigenvalue weighted by molar-refractivity contribution is -0.116. The predicted octanol–water partition coefficient (Wildman–Crippen LogP) is 3.87. The van der Waals surface area contributed by atoms with E-state index < -0.39 is 0 Å². The molecule has 0 spiro atoms. The Hall–Kier alpha value is -2.53. The van der Waals surface area contributed by atoms with E-state index in [1.807, 2.05) is 40.5 Å². The van der Waals surface area contributed by atoms with E-state index in [1.165, 1.54) is 0 Å². The maximum absolute atomic E-state index is 12.3. The number of benzene rings is 1. The molecule has 2 heterocycles. The number of phenolic OH excluding ortho intramolecular Hbond substituents is 1. The van der Waals surface area contributed by atoms with E-state index in [2.05, 4.69) is 10.7 Å². The quantitative estimate of drug-likeness (QED) is 0.703. The fourth-order valence-corrected chi connectivity index (χ4v) is 3.06. The topological polar surface area (TPSA) is 54.3 Å². The van der Waals surface area contributed by atoms with Crippen molar-refractivity contribution in [2.75, 3.05) is 5.32 Å². The molecule has 0 saturated carbocycles. The molecule has 112 valence electrons. The molecule has 0 radical (unpaired) electrons. The highest BCUT2D eigenvalue weighted by Crippen LogP contribution is 2.25. The summed E-state index contributed by atoms with van der Waals surface area (Å²) >= 11 is 1.63. The normalized spacial score (nSPS) is 12.0. The molecule has 1 amide bonds. The van der Waals surface area contributed by atoms with Gasteiger partial charge in [0.25, 0.3) is 0 Å². The van der Waals surface area contributed by atoms with Crippen LogP contribution in [-0.4, -0.2) is 15.6 Å². The molecule has 1 atom stereocenters. The summed E-state index contributed by atoms with van der Waals surface area (Å²) in [4.78, 5) is 12.3. The molecule has 0 saturated heterocycles. The van der Waals surface area contributed by atoms with Gasteiger partial charge in [0.1, 0.15) is 5.75 Å². The Bertz CT molecular complexity index is 684. The van der Waals surface area contributed by atoms with Crippen LogP contribution >= 0.6 is 11.3 Å². The van der Waals surface area contributed by atoms with Crippen molar-refractivity contribution in [2.24, 2.45) is 0 Å². The molecule has 3 aromatic rings. The summed E-state index contributed by atoms with van der Waals surface area (Å²) in [5.74, 6) is 0.122. The average Bonchev–Trinajstić information content (AvgIpc) is 3.21. The van der Waals surface area contributed by atoms with Crippen molar-refractivity contribution in [3.63, 3.8) is 0 Å². The monoisotopic (exact) mass is 312 g/mol. The van der Waals surface area contributed by atoms with E-state index >= 15 is 0 Å². The van der Waals surface area contributed by atoms with E-state index in [0.29, 0.717) is 12.1 Å². The second kappa shape index (κ2) is 6.49. The van der Waals surface area contributed by atoms with Crippen molar-refractivity contribution in [3.8, 4) is 5.75 Å². The van der Waals surface area contributed by atoms with Gasteiger partial charge in [-0.15, -0.1) is 0 Å². The van der Waals surface area contributed by atoms with Crippen molar-refractivity contribution in [2.45, 2.75) is 12.5 Å². The van der Waals surface area contributed by atoms with Gasteiger partial charge in [-0.2, -0.15) is 11.3 Å². The summed E-state index contributed by atoms with van der Waals surface area (Å²) < 4.78 is 2.04. The van der Waals surface area contributed by atoms with Crippen LogP contribution in [0.2, 0.25) is 0 Å². The molecule has 4 nitrogen and oxygen atoms in total. The van der Waals surface area contributed by atoms with Crippen LogP contribution in [-0.2, 0) is 4.79 Å². The van der Waals surface area contributed by atoms with Crippen LogP contribution in [0.15, 0.2) is 65.6 Å². The van der Waals surface area contributed by atoms with Gasteiger partial charge in [0.15, 0.2) is 0 Å². The van der Waals surface area contributed by atoms with Gasteiger partial charge < -0.3 is 15.0 Å². The largest absolute Gasteiger partial charge is 0.508 e. The first-order valence-corrected chi connectivity index (χ1v) is 7.90. The summed E-state index contributed by atoms with van der Waals surface area (Å²) in [6.45, 7) is 0. The molecule has 2 N–H and O–H groups in total. The third-order valence-electron chi connectivity index (χ3n) is 3.45. The zero-order chi connectivity index (χ0) is 15.4. The lowest BCUT2D eigenvalue weighted by Gasteiger charge is -2.18. The molecular weight excluding hydrogens is 296 g/mol. The number of anilines is 1. The van der Waals surface area contributed by atoms with Crippen LogP contribution in [0, 0.1) is 0 Å². The lowest BCUT2D eigenvalue weighted by atomic mass is 10.1. The zero-order valence-corrected chi connectivity index (χ0v) is 12.7. The second-order valence-corrected chi connectivity index (χ2v) is 5.78. The number of nitrogens with one attached hydrogen (secondary N) is 1. The van der Waals surface area contributed by atoms with Gasteiger partial charge in [-0.3, -0.25) is 4.79 Å². The Labute approximate surface area is 132 Å². The summed E-state index contributed by atoms with van der Waals surface area (Å²) in [6.07, 6.45) is 4.29. The number of rotatable bonds is 5. The van der Waals surface area contributed by atoms with E-state index in [4.69, 9.17) is 0 Å². The molecule has 0 unspecified atom stereocenters. The Morgan fingerprint density at radius 2 is 1.91 bits per heavy atom. The van der Waals surface area contributed by atoms with Crippen molar-refractivity contribution in [1.82, 2.24) is 4.57 Å². The minimum Gasteiger partial charge on any atom is -0.508 e. The Morgan fingerprint density at radius 1 is 1.18 bits per heavy atom. The number of carbonyl (C=O) groups excluding carboxylic acids is 1. The standard InChI is InChI=1S/C17H16N2O2S/c20-15-5-3-14(4-6-15)18-17(21)11-16(13-7-10-22-12-13)19-8-1-2-9-19/h1-10,12,16,20H,11H2,(H,18,21)/t16-/m1/s1. The van der Waals surface area contributed by atoms with E-state index in [-0.39, 0.29) is 17.7 Å². The molecule has 2 aromatic heterocycles. The van der Waals surface area contributed by atoms with Crippen LogP contribution in [0.4, 0.5) is 5.69 Å². The fourth-order valence-electron chi connectivity index (χ4n) is 2.35. The molecule has 0 bridgehead atoms. The molecule has 1 aromatic carbocycles. The first-order valence-electron chi connectivity index (χ1n) is 6.96. The Morgan fingerprint density at radius 3 is 2.55 bits per heavy atom. The van der Waals surface area contributed by atoms with E-state index in [0.717, 1.165) is 5.56 Å². The van der Waals surface area contributed by atoms with Crippen molar-refractivity contribution in [3.05, 3.63) is 71.2 Å². The number of phenols is 1. The highest BCUT2D eigenvalue weighted by Gasteiger charge is 2.17. The minimum absolute atomic E-state index is 0.0154. The van der Waals surface area contributed by atoms with Crippen molar-refractivity contribution >= 4 is 22.9 Å². The fraction of sp³-hybridized carbons (Fsp3) is 0.118. The number of aromatic nitrogens is 1. The molecule has 0 aliphatic rings. The maximum Gasteiger partial charge on any atom is 0.226 e. The van der Waals surface area contributed by atoms with E-state index in [9.17, 15) is 9.90 Å². The number of thiophene rings is 1. The summed E-state index contributed by atoms with van der Waals surface area (Å²) in [5.41, 5.74) is 1.81. The zero-order valence-electron chi connectivity index (χ0n) is 11.8. The summed E-state index contributed by atoms with van der Waals surface area (Å²) in [5, 5.41) is 16.2. The van der Waals surface area contributed by atoms with Crippen LogP contribution in [0.1, 0.15) is 18.0 Å². The molecule has 0 aliphatic heterocycles. The van der Waals surface area contributed by atoms with Crippen molar-refractivity contribution < 1.29 is 9.90 Å². The number of hydrogen-bond donors (Lipinski definition) is 2. The molecular formula is C17H16N2O2S. The van der Waals surface area contributed by atoms with Crippen LogP contribution in [0.3, 0.4) is 0 Å². The van der Waals surface area contributed by atoms with Gasteiger partial charge in [0.05, 0.1) is 12.5 Å². The van der Waals surface area contributed by atoms with Gasteiger partial charge in [-0.1, -0.05) is 0 Å². The third-order valence-corrected chi connectivity index (χ3v) is 4.15.